The Morgan fingerprint density at radius 3 is 2.26 bits per heavy atom. The molecule has 0 radical (unpaired) electrons. The van der Waals surface area contributed by atoms with Crippen LogP contribution in [0, 0.1) is 0 Å². The largest absolute Gasteiger partial charge is 0.496 e. The molecule has 2 bridgehead atoms. The van der Waals surface area contributed by atoms with Gasteiger partial charge in [0.25, 0.3) is 0 Å². The summed E-state index contributed by atoms with van der Waals surface area (Å²) >= 11 is 0. The molecule has 1 heterocycles. The lowest BCUT2D eigenvalue weighted by molar-refractivity contribution is 0.0518. The van der Waals surface area contributed by atoms with Gasteiger partial charge in [0.05, 0.1) is 20.8 Å². The summed E-state index contributed by atoms with van der Waals surface area (Å²) in [4.78, 5) is 15.6. The molecule has 0 aliphatic heterocycles. The molecule has 0 amide bonds. The number of aromatic nitrogens is 1. The Hall–Kier alpha value is -2.95. The molecule has 3 aromatic rings. The van der Waals surface area contributed by atoms with Gasteiger partial charge >= 0.3 is 5.97 Å². The second-order valence-electron chi connectivity index (χ2n) is 7.03. The minimum atomic E-state index is -0.292. The molecule has 5 nitrogen and oxygen atoms in total. The average molecular weight is 363 g/mol. The Morgan fingerprint density at radius 1 is 1.04 bits per heavy atom. The van der Waals surface area contributed by atoms with Gasteiger partial charge in [-0.25, -0.2) is 4.79 Å². The van der Waals surface area contributed by atoms with Gasteiger partial charge in [0, 0.05) is 39.9 Å². The number of carbonyl (C=O) groups is 1. The van der Waals surface area contributed by atoms with E-state index < -0.39 is 0 Å². The summed E-state index contributed by atoms with van der Waals surface area (Å²) in [5, 5.41) is 2.10. The molecule has 5 rings (SSSR count). The number of methoxy groups -OCH3 is 2. The standard InChI is InChI=1S/C22H21NO4/c1-4-27-22(24)19-16-14-9-13(15(16)10-23-19)17-18(14)21(26-3)12-8-6-5-7-11(12)20(17)25-2/h5-8,10,13-14,23H,4,9H2,1-3H3/t13-,14+/m0/s1. The third-order valence-electron chi connectivity index (χ3n) is 5.93. The highest BCUT2D eigenvalue weighted by molar-refractivity contribution is 5.99. The van der Waals surface area contributed by atoms with Crippen molar-refractivity contribution in [1.29, 1.82) is 0 Å². The lowest BCUT2D eigenvalue weighted by atomic mass is 9.84. The zero-order valence-corrected chi connectivity index (χ0v) is 15.6. The van der Waals surface area contributed by atoms with Gasteiger partial charge in [-0.15, -0.1) is 0 Å². The maximum atomic E-state index is 12.4. The molecule has 2 aromatic carbocycles. The Bertz CT molecular complexity index is 1080. The van der Waals surface area contributed by atoms with Gasteiger partial charge in [-0.2, -0.15) is 0 Å². The summed E-state index contributed by atoms with van der Waals surface area (Å²) in [7, 11) is 3.44. The van der Waals surface area contributed by atoms with Gasteiger partial charge in [0.2, 0.25) is 0 Å². The monoisotopic (exact) mass is 363 g/mol. The number of nitrogens with one attached hydrogen (secondary N) is 1. The second kappa shape index (κ2) is 5.78. The highest BCUT2D eigenvalue weighted by Crippen LogP contribution is 2.63. The Balaban J connectivity index is 1.79. The van der Waals surface area contributed by atoms with Gasteiger partial charge in [-0.05, 0) is 24.5 Å². The smallest absolute Gasteiger partial charge is 0.355 e. The number of rotatable bonds is 4. The number of esters is 1. The molecular formula is C22H21NO4. The van der Waals surface area contributed by atoms with Crippen LogP contribution < -0.4 is 9.47 Å². The molecule has 0 spiro atoms. The van der Waals surface area contributed by atoms with Crippen LogP contribution in [0.25, 0.3) is 10.8 Å². The molecule has 0 saturated heterocycles. The third-order valence-corrected chi connectivity index (χ3v) is 5.93. The number of benzene rings is 2. The first-order chi connectivity index (χ1) is 13.2. The lowest BCUT2D eigenvalue weighted by Crippen LogP contribution is -2.12. The van der Waals surface area contributed by atoms with Crippen LogP contribution in [0.15, 0.2) is 30.5 Å². The zero-order valence-electron chi connectivity index (χ0n) is 15.6. The van der Waals surface area contributed by atoms with E-state index in [0.29, 0.717) is 12.3 Å². The van der Waals surface area contributed by atoms with Crippen molar-refractivity contribution < 1.29 is 19.0 Å². The lowest BCUT2D eigenvalue weighted by Gasteiger charge is -2.24. The van der Waals surface area contributed by atoms with Crippen molar-refractivity contribution >= 4 is 16.7 Å². The molecular weight excluding hydrogens is 342 g/mol. The predicted octanol–water partition coefficient (Wildman–Crippen LogP) is 4.34. The molecule has 5 heteroatoms. The number of carbonyl (C=O) groups excluding carboxylic acids is 1. The van der Waals surface area contributed by atoms with Crippen molar-refractivity contribution in [1.82, 2.24) is 4.98 Å². The molecule has 2 aliphatic carbocycles. The van der Waals surface area contributed by atoms with Crippen molar-refractivity contribution in [2.75, 3.05) is 20.8 Å². The molecule has 1 aromatic heterocycles. The number of ether oxygens (including phenoxy) is 3. The molecule has 0 fully saturated rings. The molecule has 138 valence electrons. The van der Waals surface area contributed by atoms with Gasteiger partial charge in [-0.3, -0.25) is 0 Å². The average Bonchev–Trinajstić information content (AvgIpc) is 3.37. The van der Waals surface area contributed by atoms with E-state index in [1.807, 2.05) is 25.3 Å². The Kier molecular flexibility index (Phi) is 3.47. The number of hydrogen-bond acceptors (Lipinski definition) is 4. The van der Waals surface area contributed by atoms with Crippen LogP contribution in [0.3, 0.4) is 0 Å². The van der Waals surface area contributed by atoms with Gasteiger partial charge in [0.15, 0.2) is 0 Å². The first kappa shape index (κ1) is 16.2. The Labute approximate surface area is 157 Å². The van der Waals surface area contributed by atoms with E-state index in [1.54, 1.807) is 14.2 Å². The van der Waals surface area contributed by atoms with Crippen LogP contribution in [0.2, 0.25) is 0 Å². The molecule has 2 aliphatic rings. The van der Waals surface area contributed by atoms with E-state index in [9.17, 15) is 4.79 Å². The number of hydrogen-bond donors (Lipinski definition) is 1. The molecule has 1 N–H and O–H groups in total. The van der Waals surface area contributed by atoms with E-state index in [0.717, 1.165) is 39.8 Å². The van der Waals surface area contributed by atoms with Crippen LogP contribution in [0.4, 0.5) is 0 Å². The highest BCUT2D eigenvalue weighted by Gasteiger charge is 2.49. The second-order valence-corrected chi connectivity index (χ2v) is 7.03. The molecule has 27 heavy (non-hydrogen) atoms. The van der Waals surface area contributed by atoms with Crippen LogP contribution >= 0.6 is 0 Å². The summed E-state index contributed by atoms with van der Waals surface area (Å²) < 4.78 is 17.0. The van der Waals surface area contributed by atoms with E-state index in [4.69, 9.17) is 14.2 Å². The van der Waals surface area contributed by atoms with Crippen LogP contribution in [0.1, 0.15) is 57.9 Å². The maximum absolute atomic E-state index is 12.4. The van der Waals surface area contributed by atoms with Crippen molar-refractivity contribution in [3.63, 3.8) is 0 Å². The van der Waals surface area contributed by atoms with Crippen molar-refractivity contribution in [2.24, 2.45) is 0 Å². The summed E-state index contributed by atoms with van der Waals surface area (Å²) in [6, 6.07) is 8.17. The summed E-state index contributed by atoms with van der Waals surface area (Å²) in [5.41, 5.74) is 5.14. The fraction of sp³-hybridized carbons (Fsp3) is 0.318. The highest BCUT2D eigenvalue weighted by atomic mass is 16.5. The van der Waals surface area contributed by atoms with E-state index in [1.165, 1.54) is 11.1 Å². The third kappa shape index (κ3) is 1.97. The SMILES string of the molecule is CCOC(=O)c1[nH]cc2c1[C@H]1C[C@@H]2c2c1c(OC)c1ccccc1c2OC. The molecule has 0 saturated carbocycles. The van der Waals surface area contributed by atoms with Crippen molar-refractivity contribution in [3.8, 4) is 11.5 Å². The topological polar surface area (TPSA) is 60.6 Å². The zero-order chi connectivity index (χ0) is 18.7. The normalized spacial score (nSPS) is 19.1. The number of H-pyrrole nitrogens is 1. The van der Waals surface area contributed by atoms with E-state index in [2.05, 4.69) is 17.1 Å². The maximum Gasteiger partial charge on any atom is 0.355 e. The minimum absolute atomic E-state index is 0.110. The van der Waals surface area contributed by atoms with E-state index >= 15 is 0 Å². The first-order valence-corrected chi connectivity index (χ1v) is 9.25. The quantitative estimate of drug-likeness (QED) is 0.701. The molecule has 2 atom stereocenters. The number of fused-ring (bicyclic) bond motifs is 9. The van der Waals surface area contributed by atoms with Gasteiger partial charge < -0.3 is 19.2 Å². The molecule has 0 unspecified atom stereocenters. The Morgan fingerprint density at radius 2 is 1.67 bits per heavy atom. The van der Waals surface area contributed by atoms with Gasteiger partial charge in [-0.1, -0.05) is 24.3 Å². The fourth-order valence-electron chi connectivity index (χ4n) is 5.05. The van der Waals surface area contributed by atoms with Crippen LogP contribution in [-0.4, -0.2) is 31.8 Å². The summed E-state index contributed by atoms with van der Waals surface area (Å²) in [6.07, 6.45) is 2.89. The first-order valence-electron chi connectivity index (χ1n) is 9.25. The summed E-state index contributed by atoms with van der Waals surface area (Å²) in [6.45, 7) is 2.18. The predicted molar refractivity (Wildman–Crippen MR) is 102 cm³/mol. The van der Waals surface area contributed by atoms with Crippen molar-refractivity contribution in [3.05, 3.63) is 58.4 Å². The van der Waals surface area contributed by atoms with Crippen LogP contribution in [-0.2, 0) is 4.74 Å². The minimum Gasteiger partial charge on any atom is -0.496 e. The van der Waals surface area contributed by atoms with Crippen LogP contribution in [0.5, 0.6) is 11.5 Å². The van der Waals surface area contributed by atoms with Gasteiger partial charge in [0.1, 0.15) is 17.2 Å². The fourth-order valence-corrected chi connectivity index (χ4v) is 5.05. The summed E-state index contributed by atoms with van der Waals surface area (Å²) in [5.74, 6) is 1.82. The number of aromatic amines is 1. The van der Waals surface area contributed by atoms with E-state index in [-0.39, 0.29) is 17.8 Å². The van der Waals surface area contributed by atoms with Crippen molar-refractivity contribution in [2.45, 2.75) is 25.2 Å².